The monoisotopic (exact) mass is 247 g/mol. The second-order valence-electron chi connectivity index (χ2n) is 3.91. The lowest BCUT2D eigenvalue weighted by Gasteiger charge is -2.12. The minimum atomic E-state index is -4.59. The van der Waals surface area contributed by atoms with Gasteiger partial charge in [-0.3, -0.25) is 4.98 Å². The van der Waals surface area contributed by atoms with Crippen molar-refractivity contribution in [3.63, 3.8) is 0 Å². The summed E-state index contributed by atoms with van der Waals surface area (Å²) in [5.74, 6) is -0.941. The molecule has 0 spiro atoms. The van der Waals surface area contributed by atoms with Crippen LogP contribution in [0.2, 0.25) is 0 Å². The number of aromatic nitrogens is 1. The van der Waals surface area contributed by atoms with Crippen LogP contribution in [0.25, 0.3) is 0 Å². The van der Waals surface area contributed by atoms with Gasteiger partial charge >= 0.3 is 12.1 Å². The molecular formula is C11H12F3NO2. The molecule has 0 radical (unpaired) electrons. The molecule has 3 nitrogen and oxygen atoms in total. The summed E-state index contributed by atoms with van der Waals surface area (Å²) < 4.78 is 42.5. The van der Waals surface area contributed by atoms with Crippen molar-refractivity contribution in [2.75, 3.05) is 6.61 Å². The van der Waals surface area contributed by atoms with Crippen LogP contribution in [0.1, 0.15) is 29.8 Å². The highest BCUT2D eigenvalue weighted by Gasteiger charge is 2.35. The van der Waals surface area contributed by atoms with Gasteiger partial charge in [0, 0.05) is 12.4 Å². The maximum Gasteiger partial charge on any atom is 0.417 e. The van der Waals surface area contributed by atoms with Crippen molar-refractivity contribution < 1.29 is 22.7 Å². The number of hydrogen-bond acceptors (Lipinski definition) is 3. The minimum absolute atomic E-state index is 0.0601. The van der Waals surface area contributed by atoms with Gasteiger partial charge in [0.05, 0.1) is 17.7 Å². The summed E-state index contributed by atoms with van der Waals surface area (Å²) in [4.78, 5) is 15.0. The first-order valence-electron chi connectivity index (χ1n) is 5.00. The predicted molar refractivity (Wildman–Crippen MR) is 54.4 cm³/mol. The molecule has 0 aliphatic carbocycles. The van der Waals surface area contributed by atoms with Crippen LogP contribution >= 0.6 is 0 Å². The van der Waals surface area contributed by atoms with Crippen LogP contribution in [0.15, 0.2) is 18.5 Å². The molecule has 0 amide bonds. The normalized spacial score (nSPS) is 11.6. The molecule has 0 aromatic carbocycles. The smallest absolute Gasteiger partial charge is 0.417 e. The minimum Gasteiger partial charge on any atom is -0.462 e. The molecule has 0 atom stereocenters. The fraction of sp³-hybridized carbons (Fsp3) is 0.455. The second kappa shape index (κ2) is 5.16. The summed E-state index contributed by atoms with van der Waals surface area (Å²) in [6.07, 6.45) is -2.73. The average Bonchev–Trinajstić information content (AvgIpc) is 2.24. The molecule has 0 saturated heterocycles. The van der Waals surface area contributed by atoms with E-state index in [1.807, 2.05) is 0 Å². The number of nitrogens with zero attached hydrogens (tertiary/aromatic N) is 1. The summed E-state index contributed by atoms with van der Waals surface area (Å²) >= 11 is 0. The Balaban J connectivity index is 2.94. The molecule has 0 saturated carbocycles. The van der Waals surface area contributed by atoms with E-state index in [4.69, 9.17) is 4.74 Å². The number of esters is 1. The Bertz CT molecular complexity index is 402. The second-order valence-corrected chi connectivity index (χ2v) is 3.91. The van der Waals surface area contributed by atoms with Gasteiger partial charge in [-0.05, 0) is 12.0 Å². The van der Waals surface area contributed by atoms with Gasteiger partial charge in [-0.15, -0.1) is 0 Å². The highest BCUT2D eigenvalue weighted by molar-refractivity contribution is 5.90. The molecule has 0 N–H and O–H groups in total. The average molecular weight is 247 g/mol. The Morgan fingerprint density at radius 3 is 2.65 bits per heavy atom. The molecule has 1 aromatic rings. The molecule has 0 aliphatic heterocycles. The molecular weight excluding hydrogens is 235 g/mol. The highest BCUT2D eigenvalue weighted by atomic mass is 19.4. The lowest BCUT2D eigenvalue weighted by Crippen LogP contribution is -2.17. The van der Waals surface area contributed by atoms with E-state index in [0.717, 1.165) is 18.5 Å². The van der Waals surface area contributed by atoms with Crippen LogP contribution in [0.3, 0.4) is 0 Å². The molecule has 1 heterocycles. The van der Waals surface area contributed by atoms with Crippen molar-refractivity contribution in [2.24, 2.45) is 5.92 Å². The molecule has 0 unspecified atom stereocenters. The summed E-state index contributed by atoms with van der Waals surface area (Å²) in [6.45, 7) is 3.66. The fourth-order valence-electron chi connectivity index (χ4n) is 1.12. The highest BCUT2D eigenvalue weighted by Crippen LogP contribution is 2.31. The van der Waals surface area contributed by atoms with Crippen LogP contribution in [0.4, 0.5) is 13.2 Å². The number of carbonyl (C=O) groups is 1. The number of hydrogen-bond donors (Lipinski definition) is 0. The lowest BCUT2D eigenvalue weighted by atomic mass is 10.1. The predicted octanol–water partition coefficient (Wildman–Crippen LogP) is 2.91. The van der Waals surface area contributed by atoms with Gasteiger partial charge in [0.15, 0.2) is 0 Å². The van der Waals surface area contributed by atoms with E-state index in [2.05, 4.69) is 4.98 Å². The maximum atomic E-state index is 12.6. The van der Waals surface area contributed by atoms with E-state index < -0.39 is 23.3 Å². The number of pyridine rings is 1. The number of halogens is 3. The van der Waals surface area contributed by atoms with Crippen molar-refractivity contribution >= 4 is 5.97 Å². The fourth-order valence-corrected chi connectivity index (χ4v) is 1.12. The van der Waals surface area contributed by atoms with Crippen LogP contribution in [0.5, 0.6) is 0 Å². The Morgan fingerprint density at radius 2 is 2.12 bits per heavy atom. The molecule has 0 bridgehead atoms. The van der Waals surface area contributed by atoms with Crippen molar-refractivity contribution in [3.05, 3.63) is 29.6 Å². The van der Waals surface area contributed by atoms with Crippen LogP contribution in [-0.4, -0.2) is 17.6 Å². The molecule has 17 heavy (non-hydrogen) atoms. The van der Waals surface area contributed by atoms with Gasteiger partial charge in [-0.1, -0.05) is 13.8 Å². The number of carbonyl (C=O) groups excluding carboxylic acids is 1. The van der Waals surface area contributed by atoms with Crippen LogP contribution in [0, 0.1) is 5.92 Å². The third-order valence-electron chi connectivity index (χ3n) is 1.89. The van der Waals surface area contributed by atoms with Gasteiger partial charge in [0.1, 0.15) is 0 Å². The summed E-state index contributed by atoms with van der Waals surface area (Å²) in [7, 11) is 0. The van der Waals surface area contributed by atoms with Crippen molar-refractivity contribution in [1.82, 2.24) is 4.98 Å². The van der Waals surface area contributed by atoms with Gasteiger partial charge in [0.25, 0.3) is 0 Å². The van der Waals surface area contributed by atoms with Crippen molar-refractivity contribution in [2.45, 2.75) is 20.0 Å². The third-order valence-corrected chi connectivity index (χ3v) is 1.89. The maximum absolute atomic E-state index is 12.6. The number of rotatable bonds is 3. The van der Waals surface area contributed by atoms with E-state index in [1.165, 1.54) is 0 Å². The molecule has 6 heteroatoms. The first-order chi connectivity index (χ1) is 7.82. The quantitative estimate of drug-likeness (QED) is 0.771. The molecule has 94 valence electrons. The zero-order valence-electron chi connectivity index (χ0n) is 9.41. The third kappa shape index (κ3) is 3.72. The summed E-state index contributed by atoms with van der Waals surface area (Å²) in [6, 6.07) is 0.756. The largest absolute Gasteiger partial charge is 0.462 e. The van der Waals surface area contributed by atoms with E-state index in [1.54, 1.807) is 13.8 Å². The molecule has 0 aliphatic rings. The lowest BCUT2D eigenvalue weighted by molar-refractivity contribution is -0.138. The standard InChI is InChI=1S/C11H12F3NO2/c1-7(2)6-17-10(16)8-5-15-4-3-9(8)11(12,13)14/h3-5,7H,6H2,1-2H3. The SMILES string of the molecule is CC(C)COC(=O)c1cnccc1C(F)(F)F. The first kappa shape index (κ1) is 13.5. The Morgan fingerprint density at radius 1 is 1.47 bits per heavy atom. The summed E-state index contributed by atoms with van der Waals surface area (Å²) in [5.41, 5.74) is -1.58. The van der Waals surface area contributed by atoms with Crippen molar-refractivity contribution in [1.29, 1.82) is 0 Å². The molecule has 0 fully saturated rings. The van der Waals surface area contributed by atoms with Gasteiger partial charge < -0.3 is 4.74 Å². The summed E-state index contributed by atoms with van der Waals surface area (Å²) in [5, 5.41) is 0. The van der Waals surface area contributed by atoms with Crippen molar-refractivity contribution in [3.8, 4) is 0 Å². The van der Waals surface area contributed by atoms with E-state index in [9.17, 15) is 18.0 Å². The molecule has 1 aromatic heterocycles. The Hall–Kier alpha value is -1.59. The first-order valence-corrected chi connectivity index (χ1v) is 5.00. The Labute approximate surface area is 96.6 Å². The van der Waals surface area contributed by atoms with Crippen LogP contribution in [-0.2, 0) is 10.9 Å². The van der Waals surface area contributed by atoms with E-state index >= 15 is 0 Å². The topological polar surface area (TPSA) is 39.2 Å². The Kier molecular flexibility index (Phi) is 4.09. The van der Waals surface area contributed by atoms with E-state index in [0.29, 0.717) is 0 Å². The van der Waals surface area contributed by atoms with Crippen LogP contribution < -0.4 is 0 Å². The zero-order chi connectivity index (χ0) is 13.1. The zero-order valence-corrected chi connectivity index (χ0v) is 9.41. The van der Waals surface area contributed by atoms with Gasteiger partial charge in [-0.25, -0.2) is 4.79 Å². The van der Waals surface area contributed by atoms with Gasteiger partial charge in [-0.2, -0.15) is 13.2 Å². The number of alkyl halides is 3. The van der Waals surface area contributed by atoms with E-state index in [-0.39, 0.29) is 12.5 Å². The number of ether oxygens (including phenoxy) is 1. The molecule has 1 rings (SSSR count). The van der Waals surface area contributed by atoms with Gasteiger partial charge in [0.2, 0.25) is 0 Å².